The van der Waals surface area contributed by atoms with Crippen LogP contribution in [0.5, 0.6) is 0 Å². The van der Waals surface area contributed by atoms with Crippen molar-refractivity contribution in [3.05, 3.63) is 147 Å². The molecule has 10 aliphatic rings. The number of allylic oxidation sites excluding steroid dienone is 7. The molecule has 2 bridgehead atoms. The molecule has 5 fully saturated rings. The third-order valence-corrected chi connectivity index (χ3v) is 17.6. The maximum Gasteiger partial charge on any atom is 0.257 e. The van der Waals surface area contributed by atoms with Gasteiger partial charge in [0.05, 0.1) is 29.6 Å². The van der Waals surface area contributed by atoms with Crippen molar-refractivity contribution in [2.75, 3.05) is 39.3 Å². The Hall–Kier alpha value is -8.28. The molecule has 6 aliphatic heterocycles. The summed E-state index contributed by atoms with van der Waals surface area (Å²) in [6, 6.07) is 0. The first-order valence-electron chi connectivity index (χ1n) is 32.4. The van der Waals surface area contributed by atoms with Crippen molar-refractivity contribution < 1.29 is 57.5 Å². The lowest BCUT2D eigenvalue weighted by Gasteiger charge is -2.38. The summed E-state index contributed by atoms with van der Waals surface area (Å²) >= 11 is 0. The smallest absolute Gasteiger partial charge is 0.257 e. The van der Waals surface area contributed by atoms with Gasteiger partial charge in [-0.2, -0.15) is 0 Å². The van der Waals surface area contributed by atoms with E-state index in [0.717, 1.165) is 56.1 Å². The Labute approximate surface area is 539 Å². The second-order valence-electron chi connectivity index (χ2n) is 23.9. The van der Waals surface area contributed by atoms with Gasteiger partial charge in [0, 0.05) is 80.8 Å². The van der Waals surface area contributed by atoms with Crippen LogP contribution in [-0.4, -0.2) is 140 Å². The lowest BCUT2D eigenvalue weighted by Crippen LogP contribution is -2.38. The number of rotatable bonds is 26. The quantitative estimate of drug-likeness (QED) is 0.0448. The minimum absolute atomic E-state index is 0.0222. The number of imide groups is 6. The molecular weight excluding hydrogens is 1150 g/mol. The zero-order valence-corrected chi connectivity index (χ0v) is 54.5. The molecule has 7 unspecified atom stereocenters. The van der Waals surface area contributed by atoms with Crippen LogP contribution >= 0.6 is 0 Å². The van der Waals surface area contributed by atoms with E-state index in [-0.39, 0.29) is 100 Å². The largest absolute Gasteiger partial charge is 0.278 e. The Morgan fingerprint density at radius 3 is 1.13 bits per heavy atom. The van der Waals surface area contributed by atoms with Crippen LogP contribution < -0.4 is 0 Å². The van der Waals surface area contributed by atoms with Crippen LogP contribution in [0.4, 0.5) is 0 Å². The van der Waals surface area contributed by atoms with Gasteiger partial charge in [0.25, 0.3) is 23.6 Å². The first-order chi connectivity index (χ1) is 43.7. The van der Waals surface area contributed by atoms with E-state index in [1.54, 1.807) is 56.4 Å². The van der Waals surface area contributed by atoms with Gasteiger partial charge < -0.3 is 0 Å². The van der Waals surface area contributed by atoms with E-state index < -0.39 is 0 Å². The van der Waals surface area contributed by atoms with Crippen LogP contribution in [0.1, 0.15) is 156 Å². The zero-order chi connectivity index (χ0) is 67.3. The predicted octanol–water partition coefficient (Wildman–Crippen LogP) is 10.9. The van der Waals surface area contributed by atoms with Crippen LogP contribution in [0.3, 0.4) is 0 Å². The van der Waals surface area contributed by atoms with E-state index in [1.165, 1.54) is 74.3 Å². The molecule has 4 saturated heterocycles. The topological polar surface area (TPSA) is 224 Å². The van der Waals surface area contributed by atoms with Gasteiger partial charge in [-0.1, -0.05) is 124 Å². The fourth-order valence-electron chi connectivity index (χ4n) is 12.5. The molecule has 0 N–H and O–H groups in total. The van der Waals surface area contributed by atoms with Crippen LogP contribution in [0.15, 0.2) is 147 Å². The van der Waals surface area contributed by atoms with Crippen LogP contribution in [0, 0.1) is 41.4 Å². The number of hydrogen-bond donors (Lipinski definition) is 0. The predicted molar refractivity (Wildman–Crippen MR) is 353 cm³/mol. The molecule has 12 amide bonds. The van der Waals surface area contributed by atoms with E-state index in [9.17, 15) is 57.5 Å². The highest BCUT2D eigenvalue weighted by Crippen LogP contribution is 2.49. The van der Waals surface area contributed by atoms with Gasteiger partial charge in [-0.3, -0.25) is 86.9 Å². The summed E-state index contributed by atoms with van der Waals surface area (Å²) in [5.41, 5.74) is 2.59. The SMILES string of the molecule is C=CCC1CC(=O)N(CC=C)C1=O.C=CCN1C(=O)C(C)=C(C)C1=O.C=CCN1C(=O)C2=C(CCCC2)C1=O.C=CCN1C(=O)C2C3C=CC(CC3)C2C1=O.C=CCN1C(=O)CC(C/C=C/C)C1=O.C=CCN1C(=O)CC(C/C=C\CCCCCCCCC)C1=O. The molecule has 91 heavy (non-hydrogen) atoms. The monoisotopic (exact) mass is 1250 g/mol. The molecule has 0 radical (unpaired) electrons. The summed E-state index contributed by atoms with van der Waals surface area (Å²) in [5, 5.41) is 0. The molecule has 0 spiro atoms. The average molecular weight is 1250 g/mol. The van der Waals surface area contributed by atoms with E-state index in [4.69, 9.17) is 0 Å². The molecule has 492 valence electrons. The molecule has 7 atom stereocenters. The van der Waals surface area contributed by atoms with E-state index in [2.05, 4.69) is 77.3 Å². The molecule has 1 saturated carbocycles. The number of likely N-dealkylation sites (tertiary alicyclic amines) is 4. The minimum Gasteiger partial charge on any atom is -0.278 e. The number of unbranched alkanes of at least 4 members (excludes halogenated alkanes) is 7. The van der Waals surface area contributed by atoms with Gasteiger partial charge in [0.2, 0.25) is 47.3 Å². The number of amides is 12. The maximum absolute atomic E-state index is 12.2. The normalized spacial score (nSPS) is 23.8. The number of nitrogens with zero attached hydrogens (tertiary/aromatic N) is 6. The van der Waals surface area contributed by atoms with E-state index in [0.29, 0.717) is 101 Å². The lowest BCUT2D eigenvalue weighted by molar-refractivity contribution is -0.140. The summed E-state index contributed by atoms with van der Waals surface area (Å²) in [5.74, 6) is -1.03. The average Bonchev–Trinajstić information content (AvgIpc) is 1.62. The maximum atomic E-state index is 12.2. The molecular formula is C73H98N6O12. The highest BCUT2D eigenvalue weighted by Gasteiger charge is 2.56. The minimum atomic E-state index is -0.197. The van der Waals surface area contributed by atoms with Gasteiger partial charge in [0.15, 0.2) is 0 Å². The van der Waals surface area contributed by atoms with Gasteiger partial charge in [-0.15, -0.1) is 46.1 Å². The fourth-order valence-corrected chi connectivity index (χ4v) is 12.5. The summed E-state index contributed by atoms with van der Waals surface area (Å²) in [6.07, 6.45) is 42.5. The molecule has 0 aromatic heterocycles. The second-order valence-corrected chi connectivity index (χ2v) is 23.9. The van der Waals surface area contributed by atoms with Crippen molar-refractivity contribution in [1.29, 1.82) is 0 Å². The number of hydrogen-bond acceptors (Lipinski definition) is 12. The van der Waals surface area contributed by atoms with Crippen LogP contribution in [-0.2, 0) is 57.5 Å². The number of carbonyl (C=O) groups excluding carboxylic acids is 12. The van der Waals surface area contributed by atoms with Crippen LogP contribution in [0.2, 0.25) is 0 Å². The summed E-state index contributed by atoms with van der Waals surface area (Å²) in [7, 11) is 0. The first-order valence-corrected chi connectivity index (χ1v) is 32.4. The Balaban J connectivity index is 0.000000236. The van der Waals surface area contributed by atoms with Crippen molar-refractivity contribution in [2.24, 2.45) is 41.4 Å². The highest BCUT2D eigenvalue weighted by atomic mass is 16.2. The lowest BCUT2D eigenvalue weighted by atomic mass is 9.63. The second kappa shape index (κ2) is 38.4. The standard InChI is InChI=1S/C19H31NO2.C13H15NO2.C11H13NO2.C11H15NO2.C10H13NO2.C9H11NO2/c1-3-5-6-7-8-9-10-11-12-13-14-17-16-18(21)20(15-4-2)19(17)22;1-2-7-14-12(15)10-8-3-4-9(6-5-8)11(10)13(14)16;1-2-7-12-10(13)8-5-3-4-6-9(8)11(12)14;1-3-5-6-9-8-10(13)12(7-4-2)11(9)14;1-3-5-8-7-9(12)11(6-4-2)10(8)13;1-4-5-10-8(11)6(2)7(3)9(10)12/h4,12-13,17H,2-3,5-11,14-16H2,1H3;2-4,8-11H,1,5-7H2;2H,1,3-7H2;3-5,9H,2,6-8H2,1H3;3-4,8H,1-2,5-7H2;4H,1,5H2,2-3H3/b13-12-;;;5-3+;;. The summed E-state index contributed by atoms with van der Waals surface area (Å²) in [6.45, 7) is 34.3. The Morgan fingerprint density at radius 1 is 0.407 bits per heavy atom. The van der Waals surface area contributed by atoms with Crippen molar-refractivity contribution in [2.45, 2.75) is 156 Å². The van der Waals surface area contributed by atoms with E-state index >= 15 is 0 Å². The molecule has 18 heteroatoms. The van der Waals surface area contributed by atoms with Gasteiger partial charge >= 0.3 is 0 Å². The van der Waals surface area contributed by atoms with Gasteiger partial charge in [0.1, 0.15) is 0 Å². The van der Waals surface area contributed by atoms with E-state index in [1.807, 2.05) is 19.1 Å². The molecule has 18 nitrogen and oxygen atoms in total. The zero-order valence-electron chi connectivity index (χ0n) is 54.5. The molecule has 4 aliphatic carbocycles. The van der Waals surface area contributed by atoms with Gasteiger partial charge in [-0.25, -0.2) is 0 Å². The summed E-state index contributed by atoms with van der Waals surface area (Å²) < 4.78 is 0. The number of fused-ring (bicyclic) bond motifs is 1. The fraction of sp³-hybridized carbons (Fsp3) is 0.507. The Morgan fingerprint density at radius 2 is 0.758 bits per heavy atom. The van der Waals surface area contributed by atoms with Crippen molar-refractivity contribution in [3.8, 4) is 0 Å². The Kier molecular flexibility index (Phi) is 31.7. The number of carbonyl (C=O) groups is 12. The van der Waals surface area contributed by atoms with Crippen molar-refractivity contribution in [1.82, 2.24) is 29.4 Å². The molecule has 6 heterocycles. The molecule has 0 aromatic rings. The third-order valence-electron chi connectivity index (χ3n) is 17.6. The first kappa shape index (κ1) is 75.2. The van der Waals surface area contributed by atoms with Crippen LogP contribution in [0.25, 0.3) is 0 Å². The highest BCUT2D eigenvalue weighted by molar-refractivity contribution is 6.20. The van der Waals surface area contributed by atoms with Crippen molar-refractivity contribution in [3.63, 3.8) is 0 Å². The Bertz CT molecular complexity index is 2870. The molecule has 10 rings (SSSR count). The third kappa shape index (κ3) is 19.9. The van der Waals surface area contributed by atoms with Crippen molar-refractivity contribution >= 4 is 70.9 Å². The molecule has 0 aromatic carbocycles. The van der Waals surface area contributed by atoms with Gasteiger partial charge in [-0.05, 0) is 103 Å². The summed E-state index contributed by atoms with van der Waals surface area (Å²) in [4.78, 5) is 148.